The SMILES string of the molecule is COc1ccc(S(=O)(=O)N2CC(C(N)=O)c3cc(Br)ccc32)cc1. The first-order valence-corrected chi connectivity index (χ1v) is 9.33. The van der Waals surface area contributed by atoms with Crippen molar-refractivity contribution < 1.29 is 17.9 Å². The highest BCUT2D eigenvalue weighted by atomic mass is 79.9. The Morgan fingerprint density at radius 1 is 1.25 bits per heavy atom. The highest BCUT2D eigenvalue weighted by Crippen LogP contribution is 2.41. The molecule has 0 bridgehead atoms. The van der Waals surface area contributed by atoms with Crippen LogP contribution in [0.3, 0.4) is 0 Å². The maximum absolute atomic E-state index is 13.0. The standard InChI is InChI=1S/C16H15BrN2O4S/c1-23-11-3-5-12(6-4-11)24(21,22)19-9-14(16(18)20)13-8-10(17)2-7-15(13)19/h2-8,14H,9H2,1H3,(H2,18,20). The van der Waals surface area contributed by atoms with Crippen molar-refractivity contribution in [3.05, 3.63) is 52.5 Å². The lowest BCUT2D eigenvalue weighted by Gasteiger charge is -2.20. The third kappa shape index (κ3) is 2.76. The molecule has 1 unspecified atom stereocenters. The molecule has 1 heterocycles. The summed E-state index contributed by atoms with van der Waals surface area (Å²) >= 11 is 3.34. The van der Waals surface area contributed by atoms with Crippen molar-refractivity contribution in [3.63, 3.8) is 0 Å². The average molecular weight is 411 g/mol. The van der Waals surface area contributed by atoms with Crippen LogP contribution in [-0.2, 0) is 14.8 Å². The van der Waals surface area contributed by atoms with Crippen LogP contribution >= 0.6 is 15.9 Å². The summed E-state index contributed by atoms with van der Waals surface area (Å²) in [6.45, 7) is -0.00448. The molecular formula is C16H15BrN2O4S. The summed E-state index contributed by atoms with van der Waals surface area (Å²) in [6, 6.07) is 11.2. The summed E-state index contributed by atoms with van der Waals surface area (Å²) in [7, 11) is -2.29. The highest BCUT2D eigenvalue weighted by Gasteiger charge is 2.39. The third-order valence-electron chi connectivity index (χ3n) is 3.97. The van der Waals surface area contributed by atoms with Crippen LogP contribution in [0, 0.1) is 0 Å². The van der Waals surface area contributed by atoms with E-state index in [1.165, 1.54) is 23.5 Å². The molecular weight excluding hydrogens is 396 g/mol. The van der Waals surface area contributed by atoms with E-state index >= 15 is 0 Å². The van der Waals surface area contributed by atoms with Crippen molar-refractivity contribution in [3.8, 4) is 5.75 Å². The summed E-state index contributed by atoms with van der Waals surface area (Å²) in [5.74, 6) is -0.665. The number of sulfonamides is 1. The molecule has 2 aromatic carbocycles. The Hall–Kier alpha value is -2.06. The minimum atomic E-state index is -3.80. The average Bonchev–Trinajstić information content (AvgIpc) is 2.94. The van der Waals surface area contributed by atoms with Crippen LogP contribution in [0.4, 0.5) is 5.69 Å². The maximum Gasteiger partial charge on any atom is 0.264 e. The second-order valence-corrected chi connectivity index (χ2v) is 8.15. The molecule has 1 amide bonds. The van der Waals surface area contributed by atoms with Crippen LogP contribution in [0.15, 0.2) is 51.8 Å². The number of hydrogen-bond acceptors (Lipinski definition) is 4. The van der Waals surface area contributed by atoms with Crippen LogP contribution in [-0.4, -0.2) is 28.0 Å². The van der Waals surface area contributed by atoms with Crippen molar-refractivity contribution in [1.82, 2.24) is 0 Å². The van der Waals surface area contributed by atoms with E-state index in [9.17, 15) is 13.2 Å². The molecule has 0 radical (unpaired) electrons. The van der Waals surface area contributed by atoms with Crippen LogP contribution in [0.2, 0.25) is 0 Å². The Morgan fingerprint density at radius 3 is 2.50 bits per heavy atom. The summed E-state index contributed by atoms with van der Waals surface area (Å²) in [6.07, 6.45) is 0. The Balaban J connectivity index is 2.07. The van der Waals surface area contributed by atoms with Gasteiger partial charge >= 0.3 is 0 Å². The number of fused-ring (bicyclic) bond motifs is 1. The van der Waals surface area contributed by atoms with Crippen molar-refractivity contribution in [1.29, 1.82) is 0 Å². The number of methoxy groups -OCH3 is 1. The maximum atomic E-state index is 13.0. The molecule has 0 fully saturated rings. The van der Waals surface area contributed by atoms with Gasteiger partial charge in [-0.2, -0.15) is 0 Å². The van der Waals surface area contributed by atoms with Gasteiger partial charge in [-0.15, -0.1) is 0 Å². The molecule has 2 aromatic rings. The largest absolute Gasteiger partial charge is 0.497 e. The minimum Gasteiger partial charge on any atom is -0.497 e. The zero-order valence-corrected chi connectivity index (χ0v) is 15.2. The van der Waals surface area contributed by atoms with E-state index < -0.39 is 21.8 Å². The van der Waals surface area contributed by atoms with E-state index in [0.29, 0.717) is 17.0 Å². The summed E-state index contributed by atoms with van der Waals surface area (Å²) < 4.78 is 33.0. The lowest BCUT2D eigenvalue weighted by Crippen LogP contribution is -2.33. The molecule has 3 rings (SSSR count). The number of rotatable bonds is 4. The number of halogens is 1. The topological polar surface area (TPSA) is 89.7 Å². The fourth-order valence-electron chi connectivity index (χ4n) is 2.74. The zero-order chi connectivity index (χ0) is 17.5. The number of ether oxygens (including phenoxy) is 1. The van der Waals surface area contributed by atoms with Gasteiger partial charge in [0.15, 0.2) is 0 Å². The molecule has 1 aliphatic rings. The normalized spacial score (nSPS) is 16.8. The molecule has 1 atom stereocenters. The number of carbonyl (C=O) groups excluding carboxylic acids is 1. The Bertz CT molecular complexity index is 897. The zero-order valence-electron chi connectivity index (χ0n) is 12.8. The second-order valence-electron chi connectivity index (χ2n) is 5.37. The lowest BCUT2D eigenvalue weighted by molar-refractivity contribution is -0.119. The summed E-state index contributed by atoms with van der Waals surface area (Å²) in [4.78, 5) is 11.9. The summed E-state index contributed by atoms with van der Waals surface area (Å²) in [5, 5.41) is 0. The fourth-order valence-corrected chi connectivity index (χ4v) is 4.62. The molecule has 8 heteroatoms. The number of hydrogen-bond donors (Lipinski definition) is 1. The molecule has 0 saturated heterocycles. The summed E-state index contributed by atoms with van der Waals surface area (Å²) in [5.41, 5.74) is 6.53. The van der Waals surface area contributed by atoms with E-state index in [1.807, 2.05) is 0 Å². The minimum absolute atomic E-state index is 0.00448. The van der Waals surface area contributed by atoms with Crippen molar-refractivity contribution >= 4 is 37.5 Å². The predicted molar refractivity (Wildman–Crippen MR) is 93.6 cm³/mol. The van der Waals surface area contributed by atoms with E-state index in [1.54, 1.807) is 30.3 Å². The van der Waals surface area contributed by atoms with E-state index in [-0.39, 0.29) is 11.4 Å². The van der Waals surface area contributed by atoms with Gasteiger partial charge in [-0.25, -0.2) is 8.42 Å². The molecule has 0 spiro atoms. The number of carbonyl (C=O) groups is 1. The Labute approximate surface area is 148 Å². The van der Waals surface area contributed by atoms with Crippen LogP contribution in [0.5, 0.6) is 5.75 Å². The van der Waals surface area contributed by atoms with Gasteiger partial charge in [0, 0.05) is 4.47 Å². The molecule has 2 N–H and O–H groups in total. The second kappa shape index (κ2) is 6.10. The molecule has 6 nitrogen and oxygen atoms in total. The first-order chi connectivity index (χ1) is 11.3. The van der Waals surface area contributed by atoms with Crippen molar-refractivity contribution in [2.45, 2.75) is 10.8 Å². The molecule has 0 saturated carbocycles. The number of benzene rings is 2. The lowest BCUT2D eigenvalue weighted by atomic mass is 10.0. The first-order valence-electron chi connectivity index (χ1n) is 7.10. The van der Waals surface area contributed by atoms with Gasteiger partial charge in [-0.1, -0.05) is 15.9 Å². The van der Waals surface area contributed by atoms with Gasteiger partial charge in [0.1, 0.15) is 5.75 Å². The van der Waals surface area contributed by atoms with Crippen LogP contribution in [0.25, 0.3) is 0 Å². The molecule has 24 heavy (non-hydrogen) atoms. The van der Waals surface area contributed by atoms with E-state index in [4.69, 9.17) is 10.5 Å². The van der Waals surface area contributed by atoms with Gasteiger partial charge < -0.3 is 10.5 Å². The monoisotopic (exact) mass is 410 g/mol. The van der Waals surface area contributed by atoms with Crippen molar-refractivity contribution in [2.24, 2.45) is 5.73 Å². The Morgan fingerprint density at radius 2 is 1.92 bits per heavy atom. The molecule has 0 aliphatic carbocycles. The number of amides is 1. The van der Waals surface area contributed by atoms with Gasteiger partial charge in [0.25, 0.3) is 10.0 Å². The van der Waals surface area contributed by atoms with Crippen molar-refractivity contribution in [2.75, 3.05) is 18.0 Å². The molecule has 1 aliphatic heterocycles. The van der Waals surface area contributed by atoms with Gasteiger partial charge in [0.2, 0.25) is 5.91 Å². The number of primary amides is 1. The molecule has 126 valence electrons. The quantitative estimate of drug-likeness (QED) is 0.836. The van der Waals surface area contributed by atoms with E-state index in [2.05, 4.69) is 15.9 Å². The smallest absolute Gasteiger partial charge is 0.264 e. The van der Waals surface area contributed by atoms with Gasteiger partial charge in [-0.05, 0) is 48.0 Å². The third-order valence-corrected chi connectivity index (χ3v) is 6.26. The number of anilines is 1. The fraction of sp³-hybridized carbons (Fsp3) is 0.188. The first kappa shape index (κ1) is 16.8. The van der Waals surface area contributed by atoms with Crippen LogP contribution < -0.4 is 14.8 Å². The van der Waals surface area contributed by atoms with Gasteiger partial charge in [0.05, 0.1) is 30.2 Å². The van der Waals surface area contributed by atoms with Crippen LogP contribution in [0.1, 0.15) is 11.5 Å². The van der Waals surface area contributed by atoms with Gasteiger partial charge in [-0.3, -0.25) is 9.10 Å². The predicted octanol–water partition coefficient (Wildman–Crippen LogP) is 2.24. The number of nitrogens with zero attached hydrogens (tertiary/aromatic N) is 1. The number of nitrogens with two attached hydrogens (primary N) is 1. The Kier molecular flexibility index (Phi) is 4.27. The van der Waals surface area contributed by atoms with E-state index in [0.717, 1.165) is 4.47 Å². The molecule has 0 aromatic heterocycles. The highest BCUT2D eigenvalue weighted by molar-refractivity contribution is 9.10.